The largest absolute Gasteiger partial charge is 0.314 e. The van der Waals surface area contributed by atoms with Crippen molar-refractivity contribution in [3.05, 3.63) is 0 Å². The minimum absolute atomic E-state index is 0.671. The molecule has 0 heterocycles. The van der Waals surface area contributed by atoms with E-state index in [0.717, 1.165) is 5.92 Å². The van der Waals surface area contributed by atoms with E-state index in [0.29, 0.717) is 6.04 Å². The Kier molecular flexibility index (Phi) is 11.4. The van der Waals surface area contributed by atoms with Crippen LogP contribution in [0.25, 0.3) is 0 Å². The summed E-state index contributed by atoms with van der Waals surface area (Å²) >= 11 is 0. The molecule has 16 heavy (non-hydrogen) atoms. The molecule has 1 nitrogen and oxygen atoms in total. The molecule has 0 saturated heterocycles. The van der Waals surface area contributed by atoms with Crippen molar-refractivity contribution >= 4 is 0 Å². The molecular formula is C15H33N. The fourth-order valence-electron chi connectivity index (χ4n) is 1.82. The smallest absolute Gasteiger partial charge is 0.00617 e. The molecule has 0 amide bonds. The summed E-state index contributed by atoms with van der Waals surface area (Å²) in [7, 11) is 0. The van der Waals surface area contributed by atoms with Crippen molar-refractivity contribution in [2.45, 2.75) is 85.1 Å². The van der Waals surface area contributed by atoms with Crippen LogP contribution in [-0.2, 0) is 0 Å². The number of unbranched alkanes of at least 4 members (excludes halogenated alkanes) is 7. The summed E-state index contributed by atoms with van der Waals surface area (Å²) in [5.41, 5.74) is 0. The minimum atomic E-state index is 0.671. The first-order valence-electron chi connectivity index (χ1n) is 7.41. The van der Waals surface area contributed by atoms with Crippen molar-refractivity contribution in [1.29, 1.82) is 0 Å². The number of rotatable bonds is 11. The molecule has 0 aromatic carbocycles. The van der Waals surface area contributed by atoms with E-state index in [9.17, 15) is 0 Å². The molecule has 0 saturated carbocycles. The molecule has 0 rings (SSSR count). The van der Waals surface area contributed by atoms with E-state index in [4.69, 9.17) is 0 Å². The van der Waals surface area contributed by atoms with Crippen molar-refractivity contribution in [3.8, 4) is 0 Å². The predicted octanol–water partition coefficient (Wildman–Crippen LogP) is 4.76. The van der Waals surface area contributed by atoms with Crippen molar-refractivity contribution < 1.29 is 0 Å². The molecule has 0 aromatic rings. The predicted molar refractivity (Wildman–Crippen MR) is 74.9 cm³/mol. The van der Waals surface area contributed by atoms with Crippen molar-refractivity contribution in [3.63, 3.8) is 0 Å². The van der Waals surface area contributed by atoms with Crippen molar-refractivity contribution in [2.75, 3.05) is 6.54 Å². The van der Waals surface area contributed by atoms with Crippen LogP contribution in [0.1, 0.15) is 79.1 Å². The normalized spacial score (nSPS) is 13.3. The SMILES string of the molecule is CCCCCCCCCCNC(C)C(C)C. The highest BCUT2D eigenvalue weighted by Crippen LogP contribution is 2.08. The highest BCUT2D eigenvalue weighted by molar-refractivity contribution is 4.63. The van der Waals surface area contributed by atoms with E-state index >= 15 is 0 Å². The fraction of sp³-hybridized carbons (Fsp3) is 1.00. The second kappa shape index (κ2) is 11.4. The van der Waals surface area contributed by atoms with E-state index in [1.807, 2.05) is 0 Å². The lowest BCUT2D eigenvalue weighted by molar-refractivity contribution is 0.419. The molecule has 0 bridgehead atoms. The van der Waals surface area contributed by atoms with Crippen molar-refractivity contribution in [1.82, 2.24) is 5.32 Å². The summed E-state index contributed by atoms with van der Waals surface area (Å²) in [5, 5.41) is 3.59. The van der Waals surface area contributed by atoms with Gasteiger partial charge in [-0.2, -0.15) is 0 Å². The number of hydrogen-bond acceptors (Lipinski definition) is 1. The topological polar surface area (TPSA) is 12.0 Å². The second-order valence-corrected chi connectivity index (χ2v) is 5.46. The highest BCUT2D eigenvalue weighted by Gasteiger charge is 2.04. The first kappa shape index (κ1) is 16.0. The van der Waals surface area contributed by atoms with Crippen LogP contribution in [0.5, 0.6) is 0 Å². The Bertz CT molecular complexity index is 131. The van der Waals surface area contributed by atoms with Crippen LogP contribution in [-0.4, -0.2) is 12.6 Å². The van der Waals surface area contributed by atoms with E-state index in [2.05, 4.69) is 33.0 Å². The van der Waals surface area contributed by atoms with Gasteiger partial charge in [0.25, 0.3) is 0 Å². The van der Waals surface area contributed by atoms with Crippen LogP contribution in [0.4, 0.5) is 0 Å². The van der Waals surface area contributed by atoms with Gasteiger partial charge in [0.1, 0.15) is 0 Å². The summed E-state index contributed by atoms with van der Waals surface area (Å²) in [5.74, 6) is 0.758. The van der Waals surface area contributed by atoms with Gasteiger partial charge < -0.3 is 5.32 Å². The average Bonchev–Trinajstić information content (AvgIpc) is 2.26. The fourth-order valence-corrected chi connectivity index (χ4v) is 1.82. The molecule has 1 N–H and O–H groups in total. The lowest BCUT2D eigenvalue weighted by Gasteiger charge is -2.17. The molecular weight excluding hydrogens is 194 g/mol. The third-order valence-electron chi connectivity index (χ3n) is 3.50. The van der Waals surface area contributed by atoms with Crippen molar-refractivity contribution in [2.24, 2.45) is 5.92 Å². The molecule has 98 valence electrons. The Balaban J connectivity index is 3.04. The number of nitrogens with one attached hydrogen (secondary N) is 1. The Hall–Kier alpha value is -0.0400. The first-order valence-corrected chi connectivity index (χ1v) is 7.41. The maximum atomic E-state index is 3.59. The lowest BCUT2D eigenvalue weighted by Crippen LogP contribution is -2.31. The Morgan fingerprint density at radius 3 is 1.75 bits per heavy atom. The van der Waals surface area contributed by atoms with E-state index in [-0.39, 0.29) is 0 Å². The second-order valence-electron chi connectivity index (χ2n) is 5.46. The van der Waals surface area contributed by atoms with Gasteiger partial charge in [-0.05, 0) is 25.8 Å². The molecule has 0 aromatic heterocycles. The van der Waals surface area contributed by atoms with Crippen LogP contribution < -0.4 is 5.32 Å². The molecule has 0 fully saturated rings. The maximum Gasteiger partial charge on any atom is 0.00617 e. The van der Waals surface area contributed by atoms with Crippen LogP contribution >= 0.6 is 0 Å². The van der Waals surface area contributed by atoms with Gasteiger partial charge in [0.05, 0.1) is 0 Å². The van der Waals surface area contributed by atoms with Gasteiger partial charge in [0.2, 0.25) is 0 Å². The highest BCUT2D eigenvalue weighted by atomic mass is 14.9. The molecule has 1 unspecified atom stereocenters. The molecule has 0 radical (unpaired) electrons. The Morgan fingerprint density at radius 2 is 1.25 bits per heavy atom. The maximum absolute atomic E-state index is 3.59. The molecule has 0 aliphatic heterocycles. The van der Waals surface area contributed by atoms with Gasteiger partial charge in [0, 0.05) is 6.04 Å². The minimum Gasteiger partial charge on any atom is -0.314 e. The first-order chi connectivity index (χ1) is 7.68. The van der Waals surface area contributed by atoms with Gasteiger partial charge in [-0.15, -0.1) is 0 Å². The summed E-state index contributed by atoms with van der Waals surface area (Å²) < 4.78 is 0. The third-order valence-corrected chi connectivity index (χ3v) is 3.50. The van der Waals surface area contributed by atoms with E-state index in [1.54, 1.807) is 0 Å². The quantitative estimate of drug-likeness (QED) is 0.502. The van der Waals surface area contributed by atoms with Crippen LogP contribution in [0.2, 0.25) is 0 Å². The van der Waals surface area contributed by atoms with Gasteiger partial charge in [-0.3, -0.25) is 0 Å². The average molecular weight is 227 g/mol. The monoisotopic (exact) mass is 227 g/mol. The van der Waals surface area contributed by atoms with Crippen LogP contribution in [0, 0.1) is 5.92 Å². The zero-order valence-corrected chi connectivity index (χ0v) is 12.0. The van der Waals surface area contributed by atoms with Gasteiger partial charge in [-0.25, -0.2) is 0 Å². The van der Waals surface area contributed by atoms with Gasteiger partial charge in [0.15, 0.2) is 0 Å². The summed E-state index contributed by atoms with van der Waals surface area (Å²) in [6, 6.07) is 0.671. The molecule has 1 heteroatoms. The summed E-state index contributed by atoms with van der Waals surface area (Å²) in [6.45, 7) is 10.3. The standard InChI is InChI=1S/C15H33N/c1-5-6-7-8-9-10-11-12-13-16-15(4)14(2)3/h14-16H,5-13H2,1-4H3. The molecule has 0 spiro atoms. The molecule has 0 aliphatic carbocycles. The molecule has 1 atom stereocenters. The zero-order chi connectivity index (χ0) is 12.2. The summed E-state index contributed by atoms with van der Waals surface area (Å²) in [4.78, 5) is 0. The van der Waals surface area contributed by atoms with Gasteiger partial charge >= 0.3 is 0 Å². The molecule has 0 aliphatic rings. The van der Waals surface area contributed by atoms with Crippen LogP contribution in [0.15, 0.2) is 0 Å². The third kappa shape index (κ3) is 10.5. The zero-order valence-electron chi connectivity index (χ0n) is 12.0. The number of hydrogen-bond donors (Lipinski definition) is 1. The summed E-state index contributed by atoms with van der Waals surface area (Å²) in [6.07, 6.45) is 11.3. The Labute approximate surface area is 103 Å². The van der Waals surface area contributed by atoms with E-state index < -0.39 is 0 Å². The Morgan fingerprint density at radius 1 is 0.750 bits per heavy atom. The lowest BCUT2D eigenvalue weighted by atomic mass is 10.1. The van der Waals surface area contributed by atoms with Crippen LogP contribution in [0.3, 0.4) is 0 Å². The van der Waals surface area contributed by atoms with Gasteiger partial charge in [-0.1, -0.05) is 65.7 Å². The van der Waals surface area contributed by atoms with E-state index in [1.165, 1.54) is 57.9 Å².